The summed E-state index contributed by atoms with van der Waals surface area (Å²) in [5.74, 6) is -1.50. The number of benzene rings is 1. The number of carbonyl (C=O) groups excluding carboxylic acids is 2. The molecule has 3 amide bonds. The summed E-state index contributed by atoms with van der Waals surface area (Å²) in [6, 6.07) is 6.06. The molecule has 1 aromatic heterocycles. The number of aryl methyl sites for hydroxylation is 1. The van der Waals surface area contributed by atoms with Gasteiger partial charge in [0.2, 0.25) is 0 Å². The SMILES string of the molecule is Cc1ccc(C(=O)N2CCC(NC(=O)NCc3ccc(F)cc3F)C2)cn1. The smallest absolute Gasteiger partial charge is 0.315 e. The summed E-state index contributed by atoms with van der Waals surface area (Å²) in [6.45, 7) is 2.72. The highest BCUT2D eigenvalue weighted by Crippen LogP contribution is 2.14. The predicted octanol–water partition coefficient (Wildman–Crippen LogP) is 2.38. The van der Waals surface area contributed by atoms with Gasteiger partial charge in [-0.3, -0.25) is 9.78 Å². The third-order valence-corrected chi connectivity index (χ3v) is 4.42. The second kappa shape index (κ2) is 8.11. The van der Waals surface area contributed by atoms with E-state index in [-0.39, 0.29) is 24.1 Å². The van der Waals surface area contributed by atoms with Gasteiger partial charge in [0, 0.05) is 49.2 Å². The Morgan fingerprint density at radius 2 is 2.07 bits per heavy atom. The molecule has 2 N–H and O–H groups in total. The van der Waals surface area contributed by atoms with E-state index < -0.39 is 17.7 Å². The molecule has 1 saturated heterocycles. The summed E-state index contributed by atoms with van der Waals surface area (Å²) < 4.78 is 26.5. The van der Waals surface area contributed by atoms with Crippen LogP contribution < -0.4 is 10.6 Å². The summed E-state index contributed by atoms with van der Waals surface area (Å²) in [4.78, 5) is 30.2. The second-order valence-electron chi connectivity index (χ2n) is 6.49. The van der Waals surface area contributed by atoms with Crippen molar-refractivity contribution in [2.75, 3.05) is 13.1 Å². The van der Waals surface area contributed by atoms with Gasteiger partial charge < -0.3 is 15.5 Å². The molecule has 8 heteroatoms. The molecule has 0 bridgehead atoms. The molecule has 1 aliphatic rings. The minimum atomic E-state index is -0.709. The lowest BCUT2D eigenvalue weighted by atomic mass is 10.2. The lowest BCUT2D eigenvalue weighted by Crippen LogP contribution is -2.43. The quantitative estimate of drug-likeness (QED) is 0.863. The number of amides is 3. The van der Waals surface area contributed by atoms with Crippen LogP contribution >= 0.6 is 0 Å². The third-order valence-electron chi connectivity index (χ3n) is 4.42. The molecule has 1 aliphatic heterocycles. The summed E-state index contributed by atoms with van der Waals surface area (Å²) in [6.07, 6.45) is 2.17. The molecule has 1 atom stereocenters. The molecule has 6 nitrogen and oxygen atoms in total. The minimum absolute atomic E-state index is 0.0532. The van der Waals surface area contributed by atoms with Crippen LogP contribution in [0.3, 0.4) is 0 Å². The van der Waals surface area contributed by atoms with Gasteiger partial charge in [0.25, 0.3) is 5.91 Å². The molecule has 27 heavy (non-hydrogen) atoms. The zero-order chi connectivity index (χ0) is 19.4. The van der Waals surface area contributed by atoms with Crippen molar-refractivity contribution in [2.45, 2.75) is 25.9 Å². The van der Waals surface area contributed by atoms with Crippen LogP contribution in [0.4, 0.5) is 13.6 Å². The Kier molecular flexibility index (Phi) is 5.63. The van der Waals surface area contributed by atoms with Gasteiger partial charge in [-0.25, -0.2) is 13.6 Å². The molecule has 142 valence electrons. The lowest BCUT2D eigenvalue weighted by molar-refractivity contribution is 0.0789. The maximum absolute atomic E-state index is 13.6. The van der Waals surface area contributed by atoms with Crippen molar-refractivity contribution in [1.82, 2.24) is 20.5 Å². The molecular formula is C19H20F2N4O2. The van der Waals surface area contributed by atoms with E-state index >= 15 is 0 Å². The fourth-order valence-corrected chi connectivity index (χ4v) is 2.92. The van der Waals surface area contributed by atoms with Gasteiger partial charge in [-0.1, -0.05) is 6.07 Å². The highest BCUT2D eigenvalue weighted by atomic mass is 19.1. The van der Waals surface area contributed by atoms with Crippen LogP contribution in [0.1, 0.15) is 28.0 Å². The molecule has 0 spiro atoms. The van der Waals surface area contributed by atoms with Crippen molar-refractivity contribution in [3.8, 4) is 0 Å². The molecule has 1 aromatic carbocycles. The Bertz CT molecular complexity index is 842. The van der Waals surface area contributed by atoms with Crippen LogP contribution in [0.2, 0.25) is 0 Å². The number of aromatic nitrogens is 1. The number of halogens is 2. The van der Waals surface area contributed by atoms with Gasteiger partial charge >= 0.3 is 6.03 Å². The van der Waals surface area contributed by atoms with Crippen LogP contribution in [0.25, 0.3) is 0 Å². The number of carbonyl (C=O) groups is 2. The van der Waals surface area contributed by atoms with Crippen molar-refractivity contribution in [1.29, 1.82) is 0 Å². The van der Waals surface area contributed by atoms with Crippen molar-refractivity contribution in [2.24, 2.45) is 0 Å². The van der Waals surface area contributed by atoms with Crippen molar-refractivity contribution in [3.63, 3.8) is 0 Å². The number of hydrogen-bond donors (Lipinski definition) is 2. The number of hydrogen-bond acceptors (Lipinski definition) is 3. The zero-order valence-corrected chi connectivity index (χ0v) is 14.8. The second-order valence-corrected chi connectivity index (χ2v) is 6.49. The van der Waals surface area contributed by atoms with Crippen LogP contribution in [-0.4, -0.2) is 41.0 Å². The van der Waals surface area contributed by atoms with Crippen LogP contribution in [-0.2, 0) is 6.54 Å². The topological polar surface area (TPSA) is 74.3 Å². The van der Waals surface area contributed by atoms with Crippen molar-refractivity contribution < 1.29 is 18.4 Å². The summed E-state index contributed by atoms with van der Waals surface area (Å²) >= 11 is 0. The number of rotatable bonds is 4. The number of nitrogens with one attached hydrogen (secondary N) is 2. The Balaban J connectivity index is 1.48. The van der Waals surface area contributed by atoms with E-state index in [2.05, 4.69) is 15.6 Å². The normalized spacial score (nSPS) is 16.3. The standard InChI is InChI=1S/C19H20F2N4O2/c1-12-2-3-14(10-22-12)18(26)25-7-6-16(11-25)24-19(27)23-9-13-4-5-15(20)8-17(13)21/h2-5,8,10,16H,6-7,9,11H2,1H3,(H2,23,24,27). The molecule has 2 heterocycles. The maximum atomic E-state index is 13.6. The Labute approximate surface area is 155 Å². The van der Waals surface area contributed by atoms with E-state index in [1.54, 1.807) is 23.2 Å². The van der Waals surface area contributed by atoms with Gasteiger partial charge in [-0.15, -0.1) is 0 Å². The Morgan fingerprint density at radius 1 is 1.26 bits per heavy atom. The van der Waals surface area contributed by atoms with Gasteiger partial charge in [-0.05, 0) is 31.5 Å². The van der Waals surface area contributed by atoms with Crippen LogP contribution in [0, 0.1) is 18.6 Å². The summed E-state index contributed by atoms with van der Waals surface area (Å²) in [5, 5.41) is 5.31. The lowest BCUT2D eigenvalue weighted by Gasteiger charge is -2.17. The number of pyridine rings is 1. The highest BCUT2D eigenvalue weighted by Gasteiger charge is 2.28. The molecule has 2 aromatic rings. The number of likely N-dealkylation sites (tertiary alicyclic amines) is 1. The first-order valence-corrected chi connectivity index (χ1v) is 8.62. The van der Waals surface area contributed by atoms with E-state index in [4.69, 9.17) is 0 Å². The molecule has 0 radical (unpaired) electrons. The first-order valence-electron chi connectivity index (χ1n) is 8.62. The molecule has 1 unspecified atom stereocenters. The average molecular weight is 374 g/mol. The largest absolute Gasteiger partial charge is 0.336 e. The first-order chi connectivity index (χ1) is 12.9. The molecule has 0 saturated carbocycles. The van der Waals surface area contributed by atoms with Crippen LogP contribution in [0.5, 0.6) is 0 Å². The van der Waals surface area contributed by atoms with E-state index in [0.29, 0.717) is 25.1 Å². The fourth-order valence-electron chi connectivity index (χ4n) is 2.92. The summed E-state index contributed by atoms with van der Waals surface area (Å²) in [7, 11) is 0. The van der Waals surface area contributed by atoms with Crippen LogP contribution in [0.15, 0.2) is 36.5 Å². The highest BCUT2D eigenvalue weighted by molar-refractivity contribution is 5.94. The zero-order valence-electron chi connectivity index (χ0n) is 14.8. The predicted molar refractivity (Wildman–Crippen MR) is 95.0 cm³/mol. The first kappa shape index (κ1) is 18.8. The molecule has 3 rings (SSSR count). The monoisotopic (exact) mass is 374 g/mol. The minimum Gasteiger partial charge on any atom is -0.336 e. The van der Waals surface area contributed by atoms with Crippen molar-refractivity contribution in [3.05, 3.63) is 65.0 Å². The van der Waals surface area contributed by atoms with E-state index in [9.17, 15) is 18.4 Å². The Hall–Kier alpha value is -3.03. The van der Waals surface area contributed by atoms with Gasteiger partial charge in [-0.2, -0.15) is 0 Å². The molecule has 1 fully saturated rings. The Morgan fingerprint density at radius 3 is 2.78 bits per heavy atom. The van der Waals surface area contributed by atoms with E-state index in [1.807, 2.05) is 6.92 Å². The van der Waals surface area contributed by atoms with Gasteiger partial charge in [0.1, 0.15) is 11.6 Å². The molecule has 0 aliphatic carbocycles. The third kappa shape index (κ3) is 4.78. The van der Waals surface area contributed by atoms with Gasteiger partial charge in [0.05, 0.1) is 5.56 Å². The molecular weight excluding hydrogens is 354 g/mol. The van der Waals surface area contributed by atoms with E-state index in [0.717, 1.165) is 17.8 Å². The maximum Gasteiger partial charge on any atom is 0.315 e. The van der Waals surface area contributed by atoms with Crippen molar-refractivity contribution >= 4 is 11.9 Å². The number of nitrogens with zero attached hydrogens (tertiary/aromatic N) is 2. The number of urea groups is 1. The fraction of sp³-hybridized carbons (Fsp3) is 0.316. The summed E-state index contributed by atoms with van der Waals surface area (Å²) in [5.41, 5.74) is 1.54. The van der Waals surface area contributed by atoms with Gasteiger partial charge in [0.15, 0.2) is 0 Å². The van der Waals surface area contributed by atoms with E-state index in [1.165, 1.54) is 6.07 Å². The average Bonchev–Trinajstić information content (AvgIpc) is 3.09.